The van der Waals surface area contributed by atoms with Crippen molar-refractivity contribution in [3.05, 3.63) is 36.0 Å². The van der Waals surface area contributed by atoms with E-state index in [2.05, 4.69) is 20.9 Å². The van der Waals surface area contributed by atoms with Gasteiger partial charge in [0.15, 0.2) is 0 Å². The second kappa shape index (κ2) is 14.3. The number of carbonyl (C=O) groups excluding carboxylic acids is 3. The predicted molar refractivity (Wildman–Crippen MR) is 145 cm³/mol. The van der Waals surface area contributed by atoms with Crippen molar-refractivity contribution in [2.24, 2.45) is 17.6 Å². The molecule has 12 nitrogen and oxygen atoms in total. The number of carboxylic acid groups (broad SMARTS) is 2. The summed E-state index contributed by atoms with van der Waals surface area (Å²) in [5, 5.41) is 27.3. The highest BCUT2D eigenvalue weighted by Crippen LogP contribution is 2.19. The van der Waals surface area contributed by atoms with E-state index in [1.807, 2.05) is 31.2 Å². The molecule has 0 spiro atoms. The van der Waals surface area contributed by atoms with E-state index in [1.54, 1.807) is 27.0 Å². The van der Waals surface area contributed by atoms with Crippen LogP contribution in [0.1, 0.15) is 52.5 Å². The van der Waals surface area contributed by atoms with Gasteiger partial charge >= 0.3 is 11.9 Å². The summed E-state index contributed by atoms with van der Waals surface area (Å²) in [6, 6.07) is 2.94. The zero-order valence-corrected chi connectivity index (χ0v) is 22.7. The standard InChI is InChI=1S/C27H39N5O7/c1-5-15(4)23(32-24(35)18(28)10-11-21(33)34)26(37)31-22(14(2)3)25(36)30-20(27(38)39)12-16-13-29-19-9-7-6-8-17(16)19/h6-9,13-15,18,20,22-23,29H,5,10-12,28H2,1-4H3,(H,30,36)(H,31,37)(H,32,35)(H,33,34)(H,38,39). The van der Waals surface area contributed by atoms with Crippen molar-refractivity contribution >= 4 is 40.6 Å². The molecule has 12 heteroatoms. The average Bonchev–Trinajstić information content (AvgIpc) is 3.30. The fraction of sp³-hybridized carbons (Fsp3) is 0.519. The summed E-state index contributed by atoms with van der Waals surface area (Å²) in [4.78, 5) is 64.9. The minimum atomic E-state index is -1.24. The van der Waals surface area contributed by atoms with Crippen LogP contribution in [0.4, 0.5) is 0 Å². The maximum absolute atomic E-state index is 13.2. The molecule has 3 amide bonds. The smallest absolute Gasteiger partial charge is 0.326 e. The maximum Gasteiger partial charge on any atom is 0.326 e. The number of aromatic amines is 1. The van der Waals surface area contributed by atoms with Gasteiger partial charge in [0.25, 0.3) is 0 Å². The van der Waals surface area contributed by atoms with Crippen molar-refractivity contribution in [2.75, 3.05) is 0 Å². The fourth-order valence-corrected chi connectivity index (χ4v) is 4.13. The van der Waals surface area contributed by atoms with Crippen LogP contribution < -0.4 is 21.7 Å². The van der Waals surface area contributed by atoms with Crippen molar-refractivity contribution in [3.8, 4) is 0 Å². The Morgan fingerprint density at radius 2 is 1.54 bits per heavy atom. The highest BCUT2D eigenvalue weighted by atomic mass is 16.4. The van der Waals surface area contributed by atoms with Crippen LogP contribution in [0.5, 0.6) is 0 Å². The van der Waals surface area contributed by atoms with Gasteiger partial charge in [0.1, 0.15) is 18.1 Å². The van der Waals surface area contributed by atoms with Crippen LogP contribution in [-0.2, 0) is 30.4 Å². The number of hydrogen-bond acceptors (Lipinski definition) is 6. The number of carboxylic acids is 2. The Labute approximate surface area is 227 Å². The molecule has 1 heterocycles. The maximum atomic E-state index is 13.2. The number of H-pyrrole nitrogens is 1. The molecule has 214 valence electrons. The van der Waals surface area contributed by atoms with Crippen molar-refractivity contribution in [3.63, 3.8) is 0 Å². The summed E-state index contributed by atoms with van der Waals surface area (Å²) >= 11 is 0. The second-order valence-corrected chi connectivity index (χ2v) is 10.1. The molecule has 8 N–H and O–H groups in total. The molecule has 2 aromatic rings. The lowest BCUT2D eigenvalue weighted by molar-refractivity contribution is -0.142. The van der Waals surface area contributed by atoms with Crippen molar-refractivity contribution in [2.45, 2.75) is 77.5 Å². The number of nitrogens with two attached hydrogens (primary N) is 1. The predicted octanol–water partition coefficient (Wildman–Crippen LogP) is 1.14. The van der Waals surface area contributed by atoms with E-state index in [4.69, 9.17) is 10.8 Å². The van der Waals surface area contributed by atoms with E-state index in [9.17, 15) is 29.1 Å². The zero-order valence-electron chi connectivity index (χ0n) is 22.7. The number of fused-ring (bicyclic) bond motifs is 1. The summed E-state index contributed by atoms with van der Waals surface area (Å²) in [6.07, 6.45) is 1.86. The normalized spacial score (nSPS) is 15.1. The van der Waals surface area contributed by atoms with Crippen molar-refractivity contribution in [1.29, 1.82) is 0 Å². The lowest BCUT2D eigenvalue weighted by atomic mass is 9.95. The van der Waals surface area contributed by atoms with Crippen molar-refractivity contribution in [1.82, 2.24) is 20.9 Å². The molecule has 1 aromatic carbocycles. The van der Waals surface area contributed by atoms with Gasteiger partial charge < -0.3 is 36.9 Å². The first-order valence-corrected chi connectivity index (χ1v) is 13.0. The molecule has 0 radical (unpaired) electrons. The molecule has 5 unspecified atom stereocenters. The molecule has 0 saturated heterocycles. The number of rotatable bonds is 15. The first-order valence-electron chi connectivity index (χ1n) is 13.0. The number of nitrogens with one attached hydrogen (secondary N) is 4. The molecule has 0 fully saturated rings. The number of hydrogen-bond donors (Lipinski definition) is 7. The molecule has 0 aliphatic rings. The van der Waals surface area contributed by atoms with E-state index in [1.165, 1.54) is 0 Å². The third-order valence-electron chi connectivity index (χ3n) is 6.76. The summed E-state index contributed by atoms with van der Waals surface area (Å²) in [5.41, 5.74) is 7.37. The van der Waals surface area contributed by atoms with Gasteiger partial charge in [-0.15, -0.1) is 0 Å². The molecule has 0 aliphatic carbocycles. The third kappa shape index (κ3) is 8.81. The van der Waals surface area contributed by atoms with Crippen LogP contribution >= 0.6 is 0 Å². The minimum Gasteiger partial charge on any atom is -0.481 e. The van der Waals surface area contributed by atoms with E-state index in [-0.39, 0.29) is 25.2 Å². The molecule has 39 heavy (non-hydrogen) atoms. The number of para-hydroxylation sites is 1. The van der Waals surface area contributed by atoms with E-state index >= 15 is 0 Å². The molecular formula is C27H39N5O7. The van der Waals surface area contributed by atoms with E-state index in [0.717, 1.165) is 16.5 Å². The van der Waals surface area contributed by atoms with Crippen LogP contribution in [0, 0.1) is 11.8 Å². The van der Waals surface area contributed by atoms with Gasteiger partial charge in [-0.25, -0.2) is 4.79 Å². The lowest BCUT2D eigenvalue weighted by Gasteiger charge is -2.29. The second-order valence-electron chi connectivity index (χ2n) is 10.1. The van der Waals surface area contributed by atoms with Crippen LogP contribution in [0.15, 0.2) is 30.5 Å². The first kappa shape index (κ1) is 31.3. The zero-order chi connectivity index (χ0) is 29.3. The largest absolute Gasteiger partial charge is 0.481 e. The van der Waals surface area contributed by atoms with Crippen LogP contribution in [0.25, 0.3) is 10.9 Å². The van der Waals surface area contributed by atoms with E-state index in [0.29, 0.717) is 6.42 Å². The molecule has 0 bridgehead atoms. The van der Waals surface area contributed by atoms with E-state index < -0.39 is 59.7 Å². The quantitative estimate of drug-likeness (QED) is 0.172. The van der Waals surface area contributed by atoms with Gasteiger partial charge in [-0.2, -0.15) is 0 Å². The Morgan fingerprint density at radius 1 is 0.923 bits per heavy atom. The highest BCUT2D eigenvalue weighted by molar-refractivity contribution is 5.94. The molecule has 1 aromatic heterocycles. The topological polar surface area (TPSA) is 204 Å². The summed E-state index contributed by atoms with van der Waals surface area (Å²) in [5.74, 6) is -5.01. The number of amides is 3. The molecule has 2 rings (SSSR count). The summed E-state index contributed by atoms with van der Waals surface area (Å²) < 4.78 is 0. The Balaban J connectivity index is 2.15. The lowest BCUT2D eigenvalue weighted by Crippen LogP contribution is -2.60. The van der Waals surface area contributed by atoms with Gasteiger partial charge in [0.2, 0.25) is 17.7 Å². The molecule has 5 atom stereocenters. The number of benzene rings is 1. The van der Waals surface area contributed by atoms with Gasteiger partial charge in [-0.1, -0.05) is 52.3 Å². The fourth-order valence-electron chi connectivity index (χ4n) is 4.13. The van der Waals surface area contributed by atoms with Gasteiger partial charge in [-0.05, 0) is 29.9 Å². The number of carbonyl (C=O) groups is 5. The summed E-state index contributed by atoms with van der Waals surface area (Å²) in [7, 11) is 0. The number of aromatic nitrogens is 1. The number of aliphatic carboxylic acids is 2. The van der Waals surface area contributed by atoms with Gasteiger partial charge in [0, 0.05) is 29.9 Å². The Hall–Kier alpha value is -3.93. The monoisotopic (exact) mass is 545 g/mol. The Kier molecular flexibility index (Phi) is 11.5. The molecule has 0 saturated carbocycles. The third-order valence-corrected chi connectivity index (χ3v) is 6.76. The van der Waals surface area contributed by atoms with Gasteiger partial charge in [0.05, 0.1) is 6.04 Å². The van der Waals surface area contributed by atoms with Crippen LogP contribution in [0.3, 0.4) is 0 Å². The minimum absolute atomic E-state index is 0.0314. The molecular weight excluding hydrogens is 506 g/mol. The van der Waals surface area contributed by atoms with Gasteiger partial charge in [-0.3, -0.25) is 19.2 Å². The molecule has 0 aliphatic heterocycles. The first-order chi connectivity index (χ1) is 18.3. The SMILES string of the molecule is CCC(C)C(NC(=O)C(N)CCC(=O)O)C(=O)NC(C(=O)NC(Cc1c[nH]c2ccccc12)C(=O)O)C(C)C. The van der Waals surface area contributed by atoms with Crippen LogP contribution in [-0.4, -0.2) is 69.0 Å². The Morgan fingerprint density at radius 3 is 2.13 bits per heavy atom. The summed E-state index contributed by atoms with van der Waals surface area (Å²) in [6.45, 7) is 6.99. The highest BCUT2D eigenvalue weighted by Gasteiger charge is 2.34. The van der Waals surface area contributed by atoms with Crippen molar-refractivity contribution < 1.29 is 34.2 Å². The Bertz CT molecular complexity index is 1180. The average molecular weight is 546 g/mol. The van der Waals surface area contributed by atoms with Crippen LogP contribution in [0.2, 0.25) is 0 Å².